The van der Waals surface area contributed by atoms with Crippen molar-refractivity contribution in [1.29, 1.82) is 0 Å². The third kappa shape index (κ3) is 4.54. The Kier molecular flexibility index (Phi) is 5.95. The number of halogens is 3. The number of benzene rings is 2. The second-order valence-electron chi connectivity index (χ2n) is 4.67. The minimum atomic E-state index is -0.265. The molecule has 22 heavy (non-hydrogen) atoms. The van der Waals surface area contributed by atoms with Crippen LogP contribution in [-0.2, 0) is 4.79 Å². The Morgan fingerprint density at radius 1 is 1.14 bits per heavy atom. The van der Waals surface area contributed by atoms with Crippen molar-refractivity contribution >= 4 is 40.7 Å². The molecule has 0 aliphatic carbocycles. The molecule has 1 N–H and O–H groups in total. The van der Waals surface area contributed by atoms with E-state index in [-0.39, 0.29) is 18.6 Å². The van der Waals surface area contributed by atoms with Crippen LogP contribution in [-0.4, -0.2) is 12.5 Å². The molecule has 0 radical (unpaired) electrons. The maximum atomic E-state index is 11.9. The largest absolute Gasteiger partial charge is 0.482 e. The monoisotopic (exact) mass is 357 g/mol. The first-order chi connectivity index (χ1) is 10.5. The van der Waals surface area contributed by atoms with Gasteiger partial charge in [-0.2, -0.15) is 0 Å². The van der Waals surface area contributed by atoms with Crippen LogP contribution in [0.1, 0.15) is 18.5 Å². The second-order valence-corrected chi connectivity index (χ2v) is 5.92. The lowest BCUT2D eigenvalue weighted by Crippen LogP contribution is -2.31. The van der Waals surface area contributed by atoms with Gasteiger partial charge in [-0.3, -0.25) is 4.79 Å². The van der Waals surface area contributed by atoms with Gasteiger partial charge in [0.25, 0.3) is 5.91 Å². The molecule has 2 rings (SSSR count). The van der Waals surface area contributed by atoms with Crippen molar-refractivity contribution < 1.29 is 9.53 Å². The van der Waals surface area contributed by atoms with Gasteiger partial charge in [0.1, 0.15) is 5.75 Å². The predicted molar refractivity (Wildman–Crippen MR) is 90.0 cm³/mol. The number of carbonyl (C=O) groups is 1. The van der Waals surface area contributed by atoms with Crippen molar-refractivity contribution in [2.45, 2.75) is 13.0 Å². The third-order valence-electron chi connectivity index (χ3n) is 3.00. The van der Waals surface area contributed by atoms with Gasteiger partial charge in [0, 0.05) is 10.0 Å². The van der Waals surface area contributed by atoms with E-state index < -0.39 is 0 Å². The lowest BCUT2D eigenvalue weighted by molar-refractivity contribution is -0.123. The Labute approximate surface area is 144 Å². The van der Waals surface area contributed by atoms with Gasteiger partial charge in [-0.1, -0.05) is 53.0 Å². The molecular formula is C16H14Cl3NO2. The number of carbonyl (C=O) groups excluding carboxylic acids is 1. The fourth-order valence-corrected chi connectivity index (χ4v) is 2.68. The summed E-state index contributed by atoms with van der Waals surface area (Å²) in [6.45, 7) is 1.71. The highest BCUT2D eigenvalue weighted by Gasteiger charge is 2.13. The maximum Gasteiger partial charge on any atom is 0.258 e. The van der Waals surface area contributed by atoms with E-state index in [1.165, 1.54) is 0 Å². The molecule has 0 fully saturated rings. The molecule has 0 heterocycles. The van der Waals surface area contributed by atoms with Crippen LogP contribution in [0.2, 0.25) is 15.1 Å². The van der Waals surface area contributed by atoms with Gasteiger partial charge < -0.3 is 10.1 Å². The fraction of sp³-hybridized carbons (Fsp3) is 0.188. The van der Waals surface area contributed by atoms with Crippen LogP contribution in [0.25, 0.3) is 0 Å². The van der Waals surface area contributed by atoms with Crippen molar-refractivity contribution in [3.8, 4) is 5.75 Å². The zero-order valence-corrected chi connectivity index (χ0v) is 14.0. The van der Waals surface area contributed by atoms with E-state index in [9.17, 15) is 4.79 Å². The molecule has 1 amide bonds. The first-order valence-corrected chi connectivity index (χ1v) is 7.72. The van der Waals surface area contributed by atoms with Crippen LogP contribution in [0.15, 0.2) is 42.5 Å². The van der Waals surface area contributed by atoms with Crippen LogP contribution in [0, 0.1) is 0 Å². The first-order valence-electron chi connectivity index (χ1n) is 6.59. The number of ether oxygens (including phenoxy) is 1. The standard InChI is InChI=1S/C16H14Cl3NO2/c1-10(12-7-6-11(17)8-14(12)19)20-16(21)9-22-15-5-3-2-4-13(15)18/h2-8,10H,9H2,1H3,(H,20,21)/t10-/m1/s1. The smallest absolute Gasteiger partial charge is 0.258 e. The average molecular weight is 359 g/mol. The minimum Gasteiger partial charge on any atom is -0.482 e. The zero-order chi connectivity index (χ0) is 16.1. The van der Waals surface area contributed by atoms with Gasteiger partial charge >= 0.3 is 0 Å². The molecule has 2 aromatic carbocycles. The van der Waals surface area contributed by atoms with E-state index in [2.05, 4.69) is 5.32 Å². The molecule has 0 unspecified atom stereocenters. The van der Waals surface area contributed by atoms with Crippen LogP contribution >= 0.6 is 34.8 Å². The van der Waals surface area contributed by atoms with Gasteiger partial charge in [0.2, 0.25) is 0 Å². The summed E-state index contributed by atoms with van der Waals surface area (Å²) in [5.74, 6) is 0.204. The number of para-hydroxylation sites is 1. The Morgan fingerprint density at radius 2 is 1.86 bits per heavy atom. The normalized spacial score (nSPS) is 11.8. The van der Waals surface area contributed by atoms with E-state index in [0.717, 1.165) is 5.56 Å². The summed E-state index contributed by atoms with van der Waals surface area (Å²) >= 11 is 17.9. The number of amides is 1. The molecular weight excluding hydrogens is 345 g/mol. The number of hydrogen-bond acceptors (Lipinski definition) is 2. The lowest BCUT2D eigenvalue weighted by atomic mass is 10.1. The molecule has 6 heteroatoms. The topological polar surface area (TPSA) is 38.3 Å². The van der Waals surface area contributed by atoms with Crippen LogP contribution in [0.3, 0.4) is 0 Å². The van der Waals surface area contributed by atoms with Crippen molar-refractivity contribution in [2.75, 3.05) is 6.61 Å². The van der Waals surface area contributed by atoms with Gasteiger partial charge in [0.05, 0.1) is 11.1 Å². The number of rotatable bonds is 5. The van der Waals surface area contributed by atoms with Crippen molar-refractivity contribution in [2.24, 2.45) is 0 Å². The predicted octanol–water partition coefficient (Wildman–Crippen LogP) is 4.90. The van der Waals surface area contributed by atoms with Crippen LogP contribution < -0.4 is 10.1 Å². The summed E-state index contributed by atoms with van der Waals surface area (Å²) in [4.78, 5) is 11.9. The quantitative estimate of drug-likeness (QED) is 0.825. The molecule has 3 nitrogen and oxygen atoms in total. The maximum absolute atomic E-state index is 11.9. The lowest BCUT2D eigenvalue weighted by Gasteiger charge is -2.16. The van der Waals surface area contributed by atoms with Gasteiger partial charge in [-0.25, -0.2) is 0 Å². The minimum absolute atomic E-state index is 0.126. The van der Waals surface area contributed by atoms with E-state index in [1.54, 1.807) is 42.5 Å². The molecule has 0 saturated heterocycles. The zero-order valence-electron chi connectivity index (χ0n) is 11.8. The Hall–Kier alpha value is -1.42. The van der Waals surface area contributed by atoms with E-state index in [0.29, 0.717) is 20.8 Å². The van der Waals surface area contributed by atoms with Crippen molar-refractivity contribution in [3.05, 3.63) is 63.1 Å². The second kappa shape index (κ2) is 7.73. The van der Waals surface area contributed by atoms with E-state index >= 15 is 0 Å². The van der Waals surface area contributed by atoms with Crippen LogP contribution in [0.4, 0.5) is 0 Å². The molecule has 0 bridgehead atoms. The summed E-state index contributed by atoms with van der Waals surface area (Å²) in [7, 11) is 0. The highest BCUT2D eigenvalue weighted by Crippen LogP contribution is 2.26. The van der Waals surface area contributed by atoms with E-state index in [1.807, 2.05) is 6.92 Å². The Balaban J connectivity index is 1.93. The summed E-state index contributed by atoms with van der Waals surface area (Å²) in [5, 5.41) is 4.33. The molecule has 0 aliphatic rings. The highest BCUT2D eigenvalue weighted by atomic mass is 35.5. The molecule has 0 spiro atoms. The Bertz CT molecular complexity index is 676. The van der Waals surface area contributed by atoms with Gasteiger partial charge in [-0.15, -0.1) is 0 Å². The Morgan fingerprint density at radius 3 is 2.55 bits per heavy atom. The highest BCUT2D eigenvalue weighted by molar-refractivity contribution is 6.35. The summed E-state index contributed by atoms with van der Waals surface area (Å²) in [5.41, 5.74) is 0.789. The number of nitrogens with one attached hydrogen (secondary N) is 1. The van der Waals surface area contributed by atoms with Gasteiger partial charge in [0.15, 0.2) is 6.61 Å². The fourth-order valence-electron chi connectivity index (χ4n) is 1.92. The summed E-state index contributed by atoms with van der Waals surface area (Å²) in [6.07, 6.45) is 0. The third-order valence-corrected chi connectivity index (χ3v) is 3.88. The molecule has 0 saturated carbocycles. The summed E-state index contributed by atoms with van der Waals surface area (Å²) in [6, 6.07) is 11.9. The van der Waals surface area contributed by atoms with Crippen molar-refractivity contribution in [3.63, 3.8) is 0 Å². The molecule has 116 valence electrons. The average Bonchev–Trinajstić information content (AvgIpc) is 2.46. The van der Waals surface area contributed by atoms with Crippen LogP contribution in [0.5, 0.6) is 5.75 Å². The molecule has 0 aromatic heterocycles. The van der Waals surface area contributed by atoms with E-state index in [4.69, 9.17) is 39.5 Å². The first kappa shape index (κ1) is 16.9. The van der Waals surface area contributed by atoms with Gasteiger partial charge in [-0.05, 0) is 36.8 Å². The molecule has 1 atom stereocenters. The SMILES string of the molecule is C[C@@H](NC(=O)COc1ccccc1Cl)c1ccc(Cl)cc1Cl. The summed E-state index contributed by atoms with van der Waals surface area (Å²) < 4.78 is 5.39. The van der Waals surface area contributed by atoms with Crippen molar-refractivity contribution in [1.82, 2.24) is 5.32 Å². The molecule has 0 aliphatic heterocycles. The molecule has 2 aromatic rings. The number of hydrogen-bond donors (Lipinski definition) is 1.